The van der Waals surface area contributed by atoms with Crippen LogP contribution in [0.2, 0.25) is 0 Å². The number of rotatable bonds is 6. The van der Waals surface area contributed by atoms with Gasteiger partial charge in [0.2, 0.25) is 5.91 Å². The molecule has 0 bridgehead atoms. The smallest absolute Gasteiger partial charge is 0.321 e. The van der Waals surface area contributed by atoms with Gasteiger partial charge in [-0.2, -0.15) is 0 Å². The average molecular weight is 285 g/mol. The van der Waals surface area contributed by atoms with Gasteiger partial charge < -0.3 is 15.7 Å². The predicted molar refractivity (Wildman–Crippen MR) is 73.1 cm³/mol. The fourth-order valence-corrected chi connectivity index (χ4v) is 2.45. The number of carbonyl (C=O) groups excluding carboxylic acids is 2. The summed E-state index contributed by atoms with van der Waals surface area (Å²) in [4.78, 5) is 34.0. The Morgan fingerprint density at radius 1 is 1.30 bits per heavy atom. The predicted octanol–water partition coefficient (Wildman–Crippen LogP) is 0.311. The summed E-state index contributed by atoms with van der Waals surface area (Å²) in [5, 5.41) is 16.8. The summed E-state index contributed by atoms with van der Waals surface area (Å²) in [5.41, 5.74) is 0. The van der Waals surface area contributed by atoms with Crippen molar-refractivity contribution in [2.45, 2.75) is 39.2 Å². The molecule has 0 aromatic rings. The molecule has 7 heteroatoms. The zero-order valence-electron chi connectivity index (χ0n) is 11.9. The monoisotopic (exact) mass is 285 g/mol. The molecule has 1 aliphatic rings. The second kappa shape index (κ2) is 7.84. The lowest BCUT2D eigenvalue weighted by atomic mass is 9.96. The number of urea groups is 1. The molecule has 4 N–H and O–H groups in total. The third-order valence-corrected chi connectivity index (χ3v) is 3.63. The van der Waals surface area contributed by atoms with Gasteiger partial charge >= 0.3 is 12.0 Å². The number of amides is 3. The molecule has 20 heavy (non-hydrogen) atoms. The summed E-state index contributed by atoms with van der Waals surface area (Å²) in [7, 11) is 0. The van der Waals surface area contributed by atoms with Crippen molar-refractivity contribution in [2.75, 3.05) is 13.1 Å². The molecule has 7 nitrogen and oxygen atoms in total. The van der Waals surface area contributed by atoms with E-state index < -0.39 is 23.9 Å². The minimum Gasteiger partial charge on any atom is -0.481 e. The molecule has 0 aliphatic heterocycles. The van der Waals surface area contributed by atoms with E-state index in [1.165, 1.54) is 0 Å². The summed E-state index contributed by atoms with van der Waals surface area (Å²) in [6.45, 7) is 4.33. The first-order chi connectivity index (χ1) is 9.45. The van der Waals surface area contributed by atoms with Crippen LogP contribution in [0.1, 0.15) is 33.1 Å². The first-order valence-corrected chi connectivity index (χ1v) is 7.00. The standard InChI is InChI=1S/C13H23N3O4/c1-3-14-13(20)16-11(17)8(2)15-7-9-5-4-6-10(9)12(18)19/h8-10,15H,3-7H2,1-2H3,(H,18,19)(H2,14,16,17,20). The van der Waals surface area contributed by atoms with Crippen LogP contribution in [0.3, 0.4) is 0 Å². The van der Waals surface area contributed by atoms with Gasteiger partial charge in [-0.05, 0) is 39.2 Å². The average Bonchev–Trinajstić information content (AvgIpc) is 2.84. The number of nitrogens with one attached hydrogen (secondary N) is 3. The topological polar surface area (TPSA) is 108 Å². The third kappa shape index (κ3) is 4.80. The maximum Gasteiger partial charge on any atom is 0.321 e. The van der Waals surface area contributed by atoms with Crippen LogP contribution < -0.4 is 16.0 Å². The van der Waals surface area contributed by atoms with Gasteiger partial charge in [-0.15, -0.1) is 0 Å². The highest BCUT2D eigenvalue weighted by Crippen LogP contribution is 2.31. The quantitative estimate of drug-likeness (QED) is 0.562. The van der Waals surface area contributed by atoms with E-state index >= 15 is 0 Å². The lowest BCUT2D eigenvalue weighted by Crippen LogP contribution is -2.49. The number of hydrogen-bond donors (Lipinski definition) is 4. The third-order valence-electron chi connectivity index (χ3n) is 3.63. The van der Waals surface area contributed by atoms with E-state index in [0.29, 0.717) is 19.5 Å². The Morgan fingerprint density at radius 2 is 2.00 bits per heavy atom. The number of carboxylic acid groups (broad SMARTS) is 1. The summed E-state index contributed by atoms with van der Waals surface area (Å²) in [6.07, 6.45) is 2.46. The van der Waals surface area contributed by atoms with Gasteiger partial charge in [-0.25, -0.2) is 4.79 Å². The van der Waals surface area contributed by atoms with Crippen molar-refractivity contribution in [1.29, 1.82) is 0 Å². The molecule has 0 heterocycles. The van der Waals surface area contributed by atoms with Gasteiger partial charge in [0.05, 0.1) is 12.0 Å². The van der Waals surface area contributed by atoms with Crippen LogP contribution in [-0.2, 0) is 9.59 Å². The minimum absolute atomic E-state index is 0.0484. The molecule has 3 unspecified atom stereocenters. The van der Waals surface area contributed by atoms with Crippen molar-refractivity contribution in [3.63, 3.8) is 0 Å². The summed E-state index contributed by atoms with van der Waals surface area (Å²) < 4.78 is 0. The van der Waals surface area contributed by atoms with E-state index in [2.05, 4.69) is 16.0 Å². The molecule has 1 aliphatic carbocycles. The van der Waals surface area contributed by atoms with Gasteiger partial charge in [0.25, 0.3) is 0 Å². The number of carbonyl (C=O) groups is 3. The van der Waals surface area contributed by atoms with Gasteiger partial charge in [0.15, 0.2) is 0 Å². The lowest BCUT2D eigenvalue weighted by Gasteiger charge is -2.19. The maximum atomic E-state index is 11.7. The van der Waals surface area contributed by atoms with Crippen LogP contribution in [0, 0.1) is 11.8 Å². The number of hydrogen-bond acceptors (Lipinski definition) is 4. The second-order valence-electron chi connectivity index (χ2n) is 5.11. The molecule has 3 atom stereocenters. The molecule has 1 saturated carbocycles. The molecule has 0 radical (unpaired) electrons. The molecule has 3 amide bonds. The number of aliphatic carboxylic acids is 1. The Balaban J connectivity index is 2.35. The van der Waals surface area contributed by atoms with Crippen LogP contribution in [-0.4, -0.2) is 42.1 Å². The van der Waals surface area contributed by atoms with Crippen molar-refractivity contribution >= 4 is 17.9 Å². The van der Waals surface area contributed by atoms with Gasteiger partial charge in [0, 0.05) is 6.54 Å². The molecule has 0 aromatic heterocycles. The highest BCUT2D eigenvalue weighted by Gasteiger charge is 2.33. The van der Waals surface area contributed by atoms with E-state index in [0.717, 1.165) is 12.8 Å². The van der Waals surface area contributed by atoms with Crippen molar-refractivity contribution in [3.8, 4) is 0 Å². The Morgan fingerprint density at radius 3 is 2.60 bits per heavy atom. The Labute approximate surface area is 118 Å². The van der Waals surface area contributed by atoms with Crippen LogP contribution in [0.25, 0.3) is 0 Å². The number of imide groups is 1. The van der Waals surface area contributed by atoms with E-state index in [1.807, 2.05) is 0 Å². The molecule has 0 saturated heterocycles. The first-order valence-electron chi connectivity index (χ1n) is 7.00. The van der Waals surface area contributed by atoms with E-state index in [4.69, 9.17) is 5.11 Å². The summed E-state index contributed by atoms with van der Waals surface area (Å²) in [5.74, 6) is -1.47. The first kappa shape index (κ1) is 16.4. The zero-order valence-corrected chi connectivity index (χ0v) is 11.9. The molecule has 1 rings (SSSR count). The van der Waals surface area contributed by atoms with Crippen LogP contribution in [0.4, 0.5) is 4.79 Å². The van der Waals surface area contributed by atoms with Crippen molar-refractivity contribution in [1.82, 2.24) is 16.0 Å². The lowest BCUT2D eigenvalue weighted by molar-refractivity contribution is -0.142. The second-order valence-corrected chi connectivity index (χ2v) is 5.11. The van der Waals surface area contributed by atoms with Gasteiger partial charge in [-0.3, -0.25) is 14.9 Å². The van der Waals surface area contributed by atoms with E-state index in [-0.39, 0.29) is 11.8 Å². The normalized spacial score (nSPS) is 23.1. The number of carboxylic acids is 1. The largest absolute Gasteiger partial charge is 0.481 e. The molecule has 114 valence electrons. The molecular formula is C13H23N3O4. The fourth-order valence-electron chi connectivity index (χ4n) is 2.45. The van der Waals surface area contributed by atoms with Crippen LogP contribution >= 0.6 is 0 Å². The molecule has 1 fully saturated rings. The highest BCUT2D eigenvalue weighted by atomic mass is 16.4. The maximum absolute atomic E-state index is 11.7. The summed E-state index contributed by atoms with van der Waals surface area (Å²) in [6, 6.07) is -1.05. The van der Waals surface area contributed by atoms with Crippen molar-refractivity contribution in [2.24, 2.45) is 11.8 Å². The van der Waals surface area contributed by atoms with Crippen molar-refractivity contribution < 1.29 is 19.5 Å². The van der Waals surface area contributed by atoms with Crippen LogP contribution in [0.15, 0.2) is 0 Å². The van der Waals surface area contributed by atoms with E-state index in [9.17, 15) is 14.4 Å². The molecule has 0 aromatic carbocycles. The minimum atomic E-state index is -0.770. The Kier molecular flexibility index (Phi) is 6.44. The summed E-state index contributed by atoms with van der Waals surface area (Å²) >= 11 is 0. The van der Waals surface area contributed by atoms with E-state index in [1.54, 1.807) is 13.8 Å². The van der Waals surface area contributed by atoms with Gasteiger partial charge in [-0.1, -0.05) is 6.42 Å². The molecular weight excluding hydrogens is 262 g/mol. The fraction of sp³-hybridized carbons (Fsp3) is 0.769. The SMILES string of the molecule is CCNC(=O)NC(=O)C(C)NCC1CCCC1C(=O)O. The van der Waals surface area contributed by atoms with Gasteiger partial charge in [0.1, 0.15) is 0 Å². The van der Waals surface area contributed by atoms with Crippen molar-refractivity contribution in [3.05, 3.63) is 0 Å². The Hall–Kier alpha value is -1.63. The molecule has 0 spiro atoms. The highest BCUT2D eigenvalue weighted by molar-refractivity contribution is 5.96. The zero-order chi connectivity index (χ0) is 15.1. The Bertz CT molecular complexity index is 373. The van der Waals surface area contributed by atoms with Crippen LogP contribution in [0.5, 0.6) is 0 Å².